The van der Waals surface area contributed by atoms with Crippen molar-refractivity contribution in [2.24, 2.45) is 0 Å². The number of benzene rings is 1. The summed E-state index contributed by atoms with van der Waals surface area (Å²) < 4.78 is 8.86. The molecule has 1 unspecified atom stereocenters. The summed E-state index contributed by atoms with van der Waals surface area (Å²) in [7, 11) is 0. The van der Waals surface area contributed by atoms with Gasteiger partial charge in [0.05, 0.1) is 36.5 Å². The Morgan fingerprint density at radius 1 is 1.23 bits per heavy atom. The van der Waals surface area contributed by atoms with Crippen LogP contribution in [0.4, 0.5) is 11.6 Å². The van der Waals surface area contributed by atoms with Gasteiger partial charge < -0.3 is 19.5 Å². The van der Waals surface area contributed by atoms with E-state index in [2.05, 4.69) is 29.2 Å². The smallest absolute Gasteiger partial charge is 0.294 e. The van der Waals surface area contributed by atoms with E-state index in [9.17, 15) is 9.59 Å². The summed E-state index contributed by atoms with van der Waals surface area (Å²) in [5, 5.41) is 7.22. The van der Waals surface area contributed by atoms with Crippen LogP contribution in [0.5, 0.6) is 0 Å². The van der Waals surface area contributed by atoms with Gasteiger partial charge >= 0.3 is 0 Å². The number of amides is 1. The van der Waals surface area contributed by atoms with Crippen molar-refractivity contribution in [2.45, 2.75) is 39.3 Å². The van der Waals surface area contributed by atoms with E-state index in [1.54, 1.807) is 16.8 Å². The molecule has 4 rings (SSSR count). The molecule has 31 heavy (non-hydrogen) atoms. The predicted molar refractivity (Wildman–Crippen MR) is 120 cm³/mol. The highest BCUT2D eigenvalue weighted by molar-refractivity contribution is 5.90. The molecule has 0 spiro atoms. The summed E-state index contributed by atoms with van der Waals surface area (Å²) in [5.74, 6) is 0.920. The van der Waals surface area contributed by atoms with Gasteiger partial charge in [0, 0.05) is 32.1 Å². The minimum absolute atomic E-state index is 0.161. The van der Waals surface area contributed by atoms with Crippen molar-refractivity contribution in [1.29, 1.82) is 0 Å². The number of hydrogen-bond donors (Lipinski definition) is 1. The Balaban J connectivity index is 1.56. The van der Waals surface area contributed by atoms with Gasteiger partial charge in [0.15, 0.2) is 5.82 Å². The van der Waals surface area contributed by atoms with E-state index in [1.165, 1.54) is 0 Å². The number of anilines is 2. The zero-order valence-electron chi connectivity index (χ0n) is 18.0. The average Bonchev–Trinajstić information content (AvgIpc) is 3.26. The number of rotatable bonds is 7. The van der Waals surface area contributed by atoms with Gasteiger partial charge in [-0.1, -0.05) is 19.1 Å². The number of fused-ring (bicyclic) bond motifs is 1. The number of aryl methyl sites for hydroxylation is 1. The molecule has 0 radical (unpaired) electrons. The summed E-state index contributed by atoms with van der Waals surface area (Å²) in [4.78, 5) is 32.5. The van der Waals surface area contributed by atoms with E-state index >= 15 is 0 Å². The molecule has 0 aliphatic carbocycles. The Morgan fingerprint density at radius 2 is 2.00 bits per heavy atom. The van der Waals surface area contributed by atoms with E-state index in [0.717, 1.165) is 17.5 Å². The number of hydrogen-bond acceptors (Lipinski definition) is 6. The molecule has 3 aromatic rings. The molecule has 1 saturated heterocycles. The molecule has 1 atom stereocenters. The maximum atomic E-state index is 13.3. The summed E-state index contributed by atoms with van der Waals surface area (Å²) in [6.07, 6.45) is 2.76. The molecule has 0 saturated carbocycles. The topological polar surface area (TPSA) is 94.3 Å². The van der Waals surface area contributed by atoms with Gasteiger partial charge in [-0.3, -0.25) is 9.59 Å². The number of aromatic nitrogens is 4. The molecule has 1 fully saturated rings. The van der Waals surface area contributed by atoms with Crippen molar-refractivity contribution in [3.63, 3.8) is 0 Å². The average molecular weight is 425 g/mol. The molecular weight excluding hydrogens is 396 g/mol. The zero-order chi connectivity index (χ0) is 21.8. The second-order valence-corrected chi connectivity index (χ2v) is 7.70. The van der Waals surface area contributed by atoms with Crippen molar-refractivity contribution >= 4 is 28.6 Å². The normalized spacial score (nSPS) is 15.2. The Kier molecular flexibility index (Phi) is 6.31. The van der Waals surface area contributed by atoms with Gasteiger partial charge in [-0.2, -0.15) is 5.10 Å². The van der Waals surface area contributed by atoms with Gasteiger partial charge in [0.2, 0.25) is 5.91 Å². The highest BCUT2D eigenvalue weighted by atomic mass is 16.5. The molecule has 1 aromatic carbocycles. The van der Waals surface area contributed by atoms with Crippen LogP contribution in [0.1, 0.15) is 32.7 Å². The first-order valence-corrected chi connectivity index (χ1v) is 10.7. The molecule has 1 aliphatic heterocycles. The second kappa shape index (κ2) is 9.30. The summed E-state index contributed by atoms with van der Waals surface area (Å²) in [5.41, 5.74) is 1.28. The molecule has 2 aromatic heterocycles. The lowest BCUT2D eigenvalue weighted by atomic mass is 10.2. The maximum Gasteiger partial charge on any atom is 0.294 e. The molecule has 1 amide bonds. The number of para-hydroxylation sites is 2. The van der Waals surface area contributed by atoms with Crippen molar-refractivity contribution < 1.29 is 9.53 Å². The van der Waals surface area contributed by atoms with Crippen molar-refractivity contribution in [2.75, 3.05) is 36.5 Å². The Morgan fingerprint density at radius 3 is 2.77 bits per heavy atom. The first kappa shape index (κ1) is 21.0. The lowest BCUT2D eigenvalue weighted by Crippen LogP contribution is -2.41. The molecule has 0 bridgehead atoms. The summed E-state index contributed by atoms with van der Waals surface area (Å²) in [6.45, 7) is 6.79. The van der Waals surface area contributed by atoms with Crippen LogP contribution in [0.3, 0.4) is 0 Å². The van der Waals surface area contributed by atoms with Crippen molar-refractivity contribution in [3.05, 3.63) is 46.9 Å². The summed E-state index contributed by atoms with van der Waals surface area (Å²) >= 11 is 0. The van der Waals surface area contributed by atoms with Gasteiger partial charge in [0.1, 0.15) is 5.82 Å². The third kappa shape index (κ3) is 4.46. The van der Waals surface area contributed by atoms with Crippen LogP contribution in [-0.2, 0) is 16.1 Å². The molecular formula is C22H28N6O3. The SMILES string of the molecule is CCC(C)n1nccc1NC(=O)CCn1c(=O)c(N2CCOCC2)nc2ccccc21. The molecule has 1 N–H and O–H groups in total. The standard InChI is InChI=1S/C22H28N6O3/c1-3-16(2)28-19(8-10-23-28)25-20(29)9-11-27-18-7-5-4-6-17(18)24-21(22(27)30)26-12-14-31-15-13-26/h4-8,10,16H,3,9,11-15H2,1-2H3,(H,25,29). The Bertz CT molecular complexity index is 1120. The third-order valence-electron chi connectivity index (χ3n) is 5.65. The van der Waals surface area contributed by atoms with Gasteiger partial charge in [-0.05, 0) is 25.5 Å². The number of ether oxygens (including phenoxy) is 1. The van der Waals surface area contributed by atoms with Crippen LogP contribution in [0.2, 0.25) is 0 Å². The molecule has 9 nitrogen and oxygen atoms in total. The van der Waals surface area contributed by atoms with E-state index in [1.807, 2.05) is 33.8 Å². The first-order valence-electron chi connectivity index (χ1n) is 10.7. The number of carbonyl (C=O) groups is 1. The van der Waals surface area contributed by atoms with E-state index in [4.69, 9.17) is 4.74 Å². The third-order valence-corrected chi connectivity index (χ3v) is 5.65. The lowest BCUT2D eigenvalue weighted by molar-refractivity contribution is -0.116. The molecule has 9 heteroatoms. The maximum absolute atomic E-state index is 13.3. The number of carbonyl (C=O) groups excluding carboxylic acids is 1. The van der Waals surface area contributed by atoms with Gasteiger partial charge in [0.25, 0.3) is 5.56 Å². The Labute approximate surface area is 180 Å². The van der Waals surface area contributed by atoms with Crippen LogP contribution in [0.25, 0.3) is 11.0 Å². The largest absolute Gasteiger partial charge is 0.378 e. The zero-order valence-corrected chi connectivity index (χ0v) is 18.0. The highest BCUT2D eigenvalue weighted by Crippen LogP contribution is 2.18. The van der Waals surface area contributed by atoms with E-state index in [0.29, 0.717) is 37.9 Å². The van der Waals surface area contributed by atoms with Crippen LogP contribution in [0.15, 0.2) is 41.3 Å². The van der Waals surface area contributed by atoms with Crippen LogP contribution < -0.4 is 15.8 Å². The number of nitrogens with one attached hydrogen (secondary N) is 1. The fourth-order valence-electron chi connectivity index (χ4n) is 3.74. The second-order valence-electron chi connectivity index (χ2n) is 7.70. The number of nitrogens with zero attached hydrogens (tertiary/aromatic N) is 5. The van der Waals surface area contributed by atoms with E-state index < -0.39 is 0 Å². The fraction of sp³-hybridized carbons (Fsp3) is 0.455. The molecule has 3 heterocycles. The summed E-state index contributed by atoms with van der Waals surface area (Å²) in [6, 6.07) is 9.50. The fourth-order valence-corrected chi connectivity index (χ4v) is 3.74. The van der Waals surface area contributed by atoms with Crippen LogP contribution in [-0.4, -0.2) is 51.5 Å². The monoisotopic (exact) mass is 424 g/mol. The Hall–Kier alpha value is -3.20. The van der Waals surface area contributed by atoms with Crippen molar-refractivity contribution in [3.8, 4) is 0 Å². The van der Waals surface area contributed by atoms with Crippen LogP contribution in [0, 0.1) is 0 Å². The minimum atomic E-state index is -0.182. The lowest BCUT2D eigenvalue weighted by Gasteiger charge is -2.28. The number of morpholine rings is 1. The quantitative estimate of drug-likeness (QED) is 0.626. The highest BCUT2D eigenvalue weighted by Gasteiger charge is 2.20. The molecule has 1 aliphatic rings. The van der Waals surface area contributed by atoms with E-state index in [-0.39, 0.29) is 30.5 Å². The first-order chi connectivity index (χ1) is 15.1. The van der Waals surface area contributed by atoms with Crippen LogP contribution >= 0.6 is 0 Å². The van der Waals surface area contributed by atoms with Gasteiger partial charge in [-0.25, -0.2) is 9.67 Å². The molecule has 164 valence electrons. The van der Waals surface area contributed by atoms with Gasteiger partial charge in [-0.15, -0.1) is 0 Å². The van der Waals surface area contributed by atoms with Crippen molar-refractivity contribution in [1.82, 2.24) is 19.3 Å². The predicted octanol–water partition coefficient (Wildman–Crippen LogP) is 2.43. The minimum Gasteiger partial charge on any atom is -0.378 e.